The van der Waals surface area contributed by atoms with Crippen LogP contribution in [0.1, 0.15) is 43.7 Å². The highest BCUT2D eigenvalue weighted by Crippen LogP contribution is 2.63. The van der Waals surface area contributed by atoms with E-state index in [1.807, 2.05) is 6.07 Å². The highest BCUT2D eigenvalue weighted by Gasteiger charge is 2.50. The lowest BCUT2D eigenvalue weighted by Crippen LogP contribution is -2.36. The van der Waals surface area contributed by atoms with Crippen molar-refractivity contribution in [1.29, 1.82) is 0 Å². The van der Waals surface area contributed by atoms with Crippen LogP contribution in [0.15, 0.2) is 156 Å². The molecule has 3 aliphatic rings. The molecule has 2 heteroatoms. The van der Waals surface area contributed by atoms with Crippen molar-refractivity contribution in [3.63, 3.8) is 0 Å². The SMILES string of the molecule is CC1C=C2CC(CCC23c2ccccc2-c2c(N(c4ccc(-c5ccccc5)cc4)c4ccc5oc6ccccc6c5c4)cccc23)C1. The first-order chi connectivity index (χ1) is 23.7. The van der Waals surface area contributed by atoms with Crippen molar-refractivity contribution in [2.75, 3.05) is 4.90 Å². The van der Waals surface area contributed by atoms with E-state index in [-0.39, 0.29) is 5.41 Å². The van der Waals surface area contributed by atoms with E-state index in [4.69, 9.17) is 4.42 Å². The number of furan rings is 1. The lowest BCUT2D eigenvalue weighted by atomic mass is 9.58. The van der Waals surface area contributed by atoms with E-state index >= 15 is 0 Å². The topological polar surface area (TPSA) is 16.4 Å². The van der Waals surface area contributed by atoms with Gasteiger partial charge in [0.25, 0.3) is 0 Å². The van der Waals surface area contributed by atoms with Crippen molar-refractivity contribution < 1.29 is 4.42 Å². The van der Waals surface area contributed by atoms with Gasteiger partial charge in [-0.2, -0.15) is 0 Å². The molecule has 6 aromatic carbocycles. The quantitative estimate of drug-likeness (QED) is 0.182. The summed E-state index contributed by atoms with van der Waals surface area (Å²) in [5.74, 6) is 1.44. The average molecular weight is 620 g/mol. The predicted molar refractivity (Wildman–Crippen MR) is 199 cm³/mol. The van der Waals surface area contributed by atoms with Crippen LogP contribution in [0.3, 0.4) is 0 Å². The van der Waals surface area contributed by atoms with Crippen molar-refractivity contribution in [3.8, 4) is 22.3 Å². The molecule has 48 heavy (non-hydrogen) atoms. The third kappa shape index (κ3) is 4.05. The largest absolute Gasteiger partial charge is 0.456 e. The van der Waals surface area contributed by atoms with Crippen LogP contribution >= 0.6 is 0 Å². The van der Waals surface area contributed by atoms with Gasteiger partial charge in [-0.25, -0.2) is 0 Å². The van der Waals surface area contributed by atoms with Gasteiger partial charge in [-0.05, 0) is 108 Å². The second-order valence-corrected chi connectivity index (χ2v) is 14.2. The standard InChI is InChI=1S/C46H37NO/c1-30-26-31-24-25-46(34(27-30)28-31)40-14-7-5-13-38(40)45-41(46)15-9-16-42(45)47(35-20-18-33(19-21-35)32-10-3-2-4-11-32)36-22-23-44-39(29-36)37-12-6-8-17-43(37)48-44/h2-23,27,29-31H,24-26,28H2,1H3. The zero-order valence-corrected chi connectivity index (χ0v) is 27.2. The molecule has 1 heterocycles. The molecule has 2 bridgehead atoms. The molecule has 3 atom stereocenters. The van der Waals surface area contributed by atoms with Gasteiger partial charge in [0.2, 0.25) is 0 Å². The fourth-order valence-electron chi connectivity index (χ4n) is 9.43. The number of anilines is 3. The number of fused-ring (bicyclic) bond motifs is 11. The van der Waals surface area contributed by atoms with Gasteiger partial charge >= 0.3 is 0 Å². The lowest BCUT2D eigenvalue weighted by Gasteiger charge is -2.45. The molecule has 0 N–H and O–H groups in total. The van der Waals surface area contributed by atoms with Gasteiger partial charge in [-0.15, -0.1) is 0 Å². The Morgan fingerprint density at radius 2 is 1.38 bits per heavy atom. The van der Waals surface area contributed by atoms with Crippen LogP contribution in [0.5, 0.6) is 0 Å². The summed E-state index contributed by atoms with van der Waals surface area (Å²) in [5.41, 5.74) is 15.1. The van der Waals surface area contributed by atoms with E-state index in [2.05, 4.69) is 151 Å². The fraction of sp³-hybridized carbons (Fsp3) is 0.174. The minimum atomic E-state index is -0.0549. The summed E-state index contributed by atoms with van der Waals surface area (Å²) >= 11 is 0. The normalized spacial score (nSPS) is 20.9. The molecule has 0 saturated heterocycles. The molecular weight excluding hydrogens is 583 g/mol. The van der Waals surface area contributed by atoms with E-state index in [1.54, 1.807) is 5.57 Å². The van der Waals surface area contributed by atoms with Crippen LogP contribution in [-0.2, 0) is 5.41 Å². The Labute approximate surface area is 282 Å². The summed E-state index contributed by atoms with van der Waals surface area (Å²) in [5, 5.41) is 2.28. The zero-order valence-electron chi connectivity index (χ0n) is 27.2. The minimum absolute atomic E-state index is 0.0549. The van der Waals surface area contributed by atoms with Crippen molar-refractivity contribution in [2.24, 2.45) is 11.8 Å². The second-order valence-electron chi connectivity index (χ2n) is 14.2. The van der Waals surface area contributed by atoms with Crippen LogP contribution in [0.4, 0.5) is 17.1 Å². The summed E-state index contributed by atoms with van der Waals surface area (Å²) in [4.78, 5) is 2.48. The van der Waals surface area contributed by atoms with Gasteiger partial charge in [-0.1, -0.05) is 116 Å². The molecule has 3 aliphatic carbocycles. The maximum Gasteiger partial charge on any atom is 0.135 e. The zero-order chi connectivity index (χ0) is 31.8. The minimum Gasteiger partial charge on any atom is -0.456 e. The van der Waals surface area contributed by atoms with Crippen molar-refractivity contribution >= 4 is 39.0 Å². The van der Waals surface area contributed by atoms with Crippen LogP contribution in [0.2, 0.25) is 0 Å². The van der Waals surface area contributed by atoms with E-state index in [0.717, 1.165) is 39.2 Å². The summed E-state index contributed by atoms with van der Waals surface area (Å²) in [7, 11) is 0. The number of hydrogen-bond acceptors (Lipinski definition) is 2. The monoisotopic (exact) mass is 619 g/mol. The lowest BCUT2D eigenvalue weighted by molar-refractivity contribution is 0.284. The Morgan fingerprint density at radius 1 is 0.646 bits per heavy atom. The molecular formula is C46H37NO. The summed E-state index contributed by atoms with van der Waals surface area (Å²) < 4.78 is 6.28. The van der Waals surface area contributed by atoms with Gasteiger partial charge in [0.05, 0.1) is 5.69 Å². The third-order valence-electron chi connectivity index (χ3n) is 11.4. The first-order valence-corrected chi connectivity index (χ1v) is 17.5. The number of rotatable bonds is 4. The Balaban J connectivity index is 1.22. The molecule has 7 aromatic rings. The number of para-hydroxylation sites is 1. The maximum absolute atomic E-state index is 6.28. The van der Waals surface area contributed by atoms with E-state index in [9.17, 15) is 0 Å². The molecule has 2 nitrogen and oxygen atoms in total. The van der Waals surface area contributed by atoms with Gasteiger partial charge in [0.15, 0.2) is 0 Å². The molecule has 232 valence electrons. The van der Waals surface area contributed by atoms with Crippen LogP contribution in [-0.4, -0.2) is 0 Å². The Kier molecular flexibility index (Phi) is 6.12. The molecule has 1 spiro atoms. The van der Waals surface area contributed by atoms with Gasteiger partial charge in [0.1, 0.15) is 11.2 Å². The number of allylic oxidation sites excluding steroid dienone is 2. The molecule has 1 aromatic heterocycles. The van der Waals surface area contributed by atoms with Gasteiger partial charge < -0.3 is 9.32 Å². The second kappa shape index (κ2) is 10.6. The van der Waals surface area contributed by atoms with Crippen molar-refractivity contribution in [3.05, 3.63) is 162 Å². The van der Waals surface area contributed by atoms with E-state index in [0.29, 0.717) is 5.92 Å². The fourth-order valence-corrected chi connectivity index (χ4v) is 9.43. The van der Waals surface area contributed by atoms with Crippen LogP contribution in [0.25, 0.3) is 44.2 Å². The molecule has 10 rings (SSSR count). The number of benzene rings is 6. The van der Waals surface area contributed by atoms with E-state index < -0.39 is 0 Å². The Hall–Kier alpha value is -5.34. The summed E-state index contributed by atoms with van der Waals surface area (Å²) in [6.07, 6.45) is 7.65. The third-order valence-corrected chi connectivity index (χ3v) is 11.4. The molecule has 0 radical (unpaired) electrons. The van der Waals surface area contributed by atoms with Crippen LogP contribution in [0, 0.1) is 11.8 Å². The highest BCUT2D eigenvalue weighted by atomic mass is 16.3. The molecule has 1 saturated carbocycles. The number of hydrogen-bond donors (Lipinski definition) is 0. The Morgan fingerprint density at radius 3 is 2.27 bits per heavy atom. The van der Waals surface area contributed by atoms with Gasteiger partial charge in [0, 0.05) is 33.1 Å². The predicted octanol–water partition coefficient (Wildman–Crippen LogP) is 12.8. The molecule has 0 aliphatic heterocycles. The molecule has 1 fully saturated rings. The highest BCUT2D eigenvalue weighted by molar-refractivity contribution is 6.07. The van der Waals surface area contributed by atoms with Gasteiger partial charge in [-0.3, -0.25) is 0 Å². The summed E-state index contributed by atoms with van der Waals surface area (Å²) in [6.45, 7) is 2.42. The first-order valence-electron chi connectivity index (χ1n) is 17.5. The smallest absolute Gasteiger partial charge is 0.135 e. The van der Waals surface area contributed by atoms with Crippen molar-refractivity contribution in [2.45, 2.75) is 38.0 Å². The molecule has 0 amide bonds. The number of nitrogens with zero attached hydrogens (tertiary/aromatic N) is 1. The average Bonchev–Trinajstić information content (AvgIpc) is 3.65. The van der Waals surface area contributed by atoms with Crippen LogP contribution < -0.4 is 4.90 Å². The Bertz CT molecular complexity index is 2380. The van der Waals surface area contributed by atoms with E-state index in [1.165, 1.54) is 64.8 Å². The first kappa shape index (κ1) is 27.7. The molecule has 3 unspecified atom stereocenters. The van der Waals surface area contributed by atoms with Crippen molar-refractivity contribution in [1.82, 2.24) is 0 Å². The summed E-state index contributed by atoms with van der Waals surface area (Å²) in [6, 6.07) is 51.1. The maximum atomic E-state index is 6.28.